The molecule has 4 nitrogen and oxygen atoms in total. The Balaban J connectivity index is 2.06. The van der Waals surface area contributed by atoms with Crippen LogP contribution in [0.3, 0.4) is 0 Å². The van der Waals surface area contributed by atoms with Gasteiger partial charge in [-0.25, -0.2) is 0 Å². The second-order valence-electron chi connectivity index (χ2n) is 4.37. The zero-order valence-electron chi connectivity index (χ0n) is 9.60. The van der Waals surface area contributed by atoms with E-state index in [1.165, 1.54) is 24.0 Å². The maximum atomic E-state index is 6.05. The van der Waals surface area contributed by atoms with Gasteiger partial charge in [0.05, 0.1) is 11.1 Å². The number of benzene rings is 1. The number of rotatable bonds is 2. The first kappa shape index (κ1) is 10.7. The SMILES string of the molecule is CC(Cl)c1nnnn1-c1ccc2c(c1)CCC2. The van der Waals surface area contributed by atoms with Gasteiger partial charge in [0, 0.05) is 0 Å². The highest BCUT2D eigenvalue weighted by molar-refractivity contribution is 6.20. The minimum Gasteiger partial charge on any atom is -0.196 e. The van der Waals surface area contributed by atoms with Gasteiger partial charge in [-0.1, -0.05) is 6.07 Å². The van der Waals surface area contributed by atoms with Crippen LogP contribution in [-0.2, 0) is 12.8 Å². The maximum absolute atomic E-state index is 6.05. The first-order chi connectivity index (χ1) is 8.25. The third-order valence-corrected chi connectivity index (χ3v) is 3.37. The van der Waals surface area contributed by atoms with Crippen LogP contribution in [0.25, 0.3) is 5.69 Å². The predicted molar refractivity (Wildman–Crippen MR) is 65.4 cm³/mol. The van der Waals surface area contributed by atoms with Crippen molar-refractivity contribution in [1.82, 2.24) is 20.2 Å². The summed E-state index contributed by atoms with van der Waals surface area (Å²) in [5.41, 5.74) is 3.85. The molecule has 17 heavy (non-hydrogen) atoms. The summed E-state index contributed by atoms with van der Waals surface area (Å²) in [5, 5.41) is 11.5. The van der Waals surface area contributed by atoms with E-state index in [2.05, 4.69) is 33.7 Å². The van der Waals surface area contributed by atoms with Crippen molar-refractivity contribution in [1.29, 1.82) is 0 Å². The van der Waals surface area contributed by atoms with E-state index in [4.69, 9.17) is 11.6 Å². The average Bonchev–Trinajstić information content (AvgIpc) is 2.96. The van der Waals surface area contributed by atoms with Crippen molar-refractivity contribution >= 4 is 11.6 Å². The maximum Gasteiger partial charge on any atom is 0.174 e. The van der Waals surface area contributed by atoms with Crippen LogP contribution in [-0.4, -0.2) is 20.2 Å². The van der Waals surface area contributed by atoms with Gasteiger partial charge in [-0.3, -0.25) is 0 Å². The van der Waals surface area contributed by atoms with Crippen LogP contribution in [0.15, 0.2) is 18.2 Å². The Morgan fingerprint density at radius 2 is 2.12 bits per heavy atom. The van der Waals surface area contributed by atoms with E-state index in [9.17, 15) is 0 Å². The number of hydrogen-bond donors (Lipinski definition) is 0. The predicted octanol–water partition coefficient (Wildman–Crippen LogP) is 2.45. The molecule has 1 unspecified atom stereocenters. The molecule has 5 heteroatoms. The van der Waals surface area contributed by atoms with Crippen LogP contribution >= 0.6 is 11.6 Å². The number of aromatic nitrogens is 4. The lowest BCUT2D eigenvalue weighted by Gasteiger charge is -2.07. The van der Waals surface area contributed by atoms with E-state index in [-0.39, 0.29) is 5.38 Å². The zero-order valence-corrected chi connectivity index (χ0v) is 10.4. The third-order valence-electron chi connectivity index (χ3n) is 3.18. The fraction of sp³-hybridized carbons (Fsp3) is 0.417. The zero-order chi connectivity index (χ0) is 11.8. The van der Waals surface area contributed by atoms with Crippen LogP contribution in [0.4, 0.5) is 0 Å². The van der Waals surface area contributed by atoms with Gasteiger partial charge in [-0.2, -0.15) is 4.68 Å². The number of tetrazole rings is 1. The number of alkyl halides is 1. The summed E-state index contributed by atoms with van der Waals surface area (Å²) in [7, 11) is 0. The molecule has 0 saturated carbocycles. The minimum atomic E-state index is -0.196. The highest BCUT2D eigenvalue weighted by atomic mass is 35.5. The molecule has 1 atom stereocenters. The Morgan fingerprint density at radius 3 is 2.94 bits per heavy atom. The van der Waals surface area contributed by atoms with Gasteiger partial charge >= 0.3 is 0 Å². The molecule has 0 radical (unpaired) electrons. The van der Waals surface area contributed by atoms with Gasteiger partial charge in [0.25, 0.3) is 0 Å². The molecule has 0 N–H and O–H groups in total. The monoisotopic (exact) mass is 248 g/mol. The average molecular weight is 249 g/mol. The molecule has 1 aromatic heterocycles. The molecule has 0 amide bonds. The van der Waals surface area contributed by atoms with Crippen LogP contribution in [0.1, 0.15) is 35.7 Å². The van der Waals surface area contributed by atoms with Gasteiger partial charge in [-0.05, 0) is 59.9 Å². The molecule has 0 fully saturated rings. The first-order valence-electron chi connectivity index (χ1n) is 5.80. The largest absolute Gasteiger partial charge is 0.196 e. The summed E-state index contributed by atoms with van der Waals surface area (Å²) in [4.78, 5) is 0. The number of nitrogens with zero attached hydrogens (tertiary/aromatic N) is 4. The molecule has 1 aromatic carbocycles. The van der Waals surface area contributed by atoms with Crippen molar-refractivity contribution < 1.29 is 0 Å². The van der Waals surface area contributed by atoms with Crippen molar-refractivity contribution in [2.75, 3.05) is 0 Å². The molecule has 1 aliphatic rings. The lowest BCUT2D eigenvalue weighted by atomic mass is 10.1. The molecular formula is C12H13ClN4. The van der Waals surface area contributed by atoms with Crippen LogP contribution in [0.2, 0.25) is 0 Å². The van der Waals surface area contributed by atoms with Gasteiger partial charge in [-0.15, -0.1) is 16.7 Å². The summed E-state index contributed by atoms with van der Waals surface area (Å²) in [5.74, 6) is 0.685. The van der Waals surface area contributed by atoms with Crippen LogP contribution in [0, 0.1) is 0 Å². The molecule has 1 aliphatic carbocycles. The lowest BCUT2D eigenvalue weighted by molar-refractivity contribution is 0.759. The fourth-order valence-corrected chi connectivity index (χ4v) is 2.45. The van der Waals surface area contributed by atoms with Crippen molar-refractivity contribution in [3.8, 4) is 5.69 Å². The molecule has 2 aromatic rings. The van der Waals surface area contributed by atoms with Crippen molar-refractivity contribution in [3.05, 3.63) is 35.2 Å². The molecule has 0 aliphatic heterocycles. The third kappa shape index (κ3) is 1.82. The minimum absolute atomic E-state index is 0.196. The standard InChI is InChI=1S/C12H13ClN4/c1-8(13)12-14-15-16-17(12)11-6-5-9-3-2-4-10(9)7-11/h5-8H,2-4H2,1H3. The van der Waals surface area contributed by atoms with E-state index in [0.717, 1.165) is 12.1 Å². The second-order valence-corrected chi connectivity index (χ2v) is 5.03. The van der Waals surface area contributed by atoms with Gasteiger partial charge < -0.3 is 0 Å². The highest BCUT2D eigenvalue weighted by Crippen LogP contribution is 2.25. The topological polar surface area (TPSA) is 43.6 Å². The molecule has 0 spiro atoms. The van der Waals surface area contributed by atoms with E-state index in [1.54, 1.807) is 4.68 Å². The van der Waals surface area contributed by atoms with Gasteiger partial charge in [0.15, 0.2) is 5.82 Å². The molecule has 1 heterocycles. The second kappa shape index (κ2) is 4.11. The fourth-order valence-electron chi connectivity index (χ4n) is 2.32. The summed E-state index contributed by atoms with van der Waals surface area (Å²) < 4.78 is 1.72. The summed E-state index contributed by atoms with van der Waals surface area (Å²) in [6, 6.07) is 6.40. The number of fused-ring (bicyclic) bond motifs is 1. The van der Waals surface area contributed by atoms with Crippen LogP contribution in [0.5, 0.6) is 0 Å². The van der Waals surface area contributed by atoms with Crippen molar-refractivity contribution in [2.24, 2.45) is 0 Å². The molecule has 88 valence electrons. The molecule has 3 rings (SSSR count). The highest BCUT2D eigenvalue weighted by Gasteiger charge is 2.16. The van der Waals surface area contributed by atoms with Crippen molar-refractivity contribution in [3.63, 3.8) is 0 Å². The molecule has 0 saturated heterocycles. The summed E-state index contributed by atoms with van der Waals surface area (Å²) in [6.45, 7) is 1.87. The van der Waals surface area contributed by atoms with E-state index < -0.39 is 0 Å². The quantitative estimate of drug-likeness (QED) is 0.767. The lowest BCUT2D eigenvalue weighted by Crippen LogP contribution is -2.04. The Hall–Kier alpha value is -1.42. The summed E-state index contributed by atoms with van der Waals surface area (Å²) >= 11 is 6.05. The smallest absolute Gasteiger partial charge is 0.174 e. The van der Waals surface area contributed by atoms with E-state index in [1.807, 2.05) is 6.92 Å². The Kier molecular flexibility index (Phi) is 2.59. The Labute approximate surface area is 105 Å². The van der Waals surface area contributed by atoms with Crippen LogP contribution < -0.4 is 0 Å². The number of hydrogen-bond acceptors (Lipinski definition) is 3. The van der Waals surface area contributed by atoms with Gasteiger partial charge in [0.2, 0.25) is 0 Å². The van der Waals surface area contributed by atoms with E-state index >= 15 is 0 Å². The molecular weight excluding hydrogens is 236 g/mol. The molecule has 0 bridgehead atoms. The number of aryl methyl sites for hydroxylation is 2. The number of halogens is 1. The van der Waals surface area contributed by atoms with Crippen molar-refractivity contribution in [2.45, 2.75) is 31.6 Å². The Morgan fingerprint density at radius 1 is 1.29 bits per heavy atom. The van der Waals surface area contributed by atoms with E-state index in [0.29, 0.717) is 5.82 Å². The summed E-state index contributed by atoms with van der Waals surface area (Å²) in [6.07, 6.45) is 3.58. The Bertz CT molecular complexity index is 547. The first-order valence-corrected chi connectivity index (χ1v) is 6.24. The van der Waals surface area contributed by atoms with Gasteiger partial charge in [0.1, 0.15) is 0 Å². The normalized spacial score (nSPS) is 15.9.